The average molecular weight is 239 g/mol. The van der Waals surface area contributed by atoms with Gasteiger partial charge in [0.1, 0.15) is 21.5 Å². The third kappa shape index (κ3) is 2.81. The smallest absolute Gasteiger partial charge is 0.132 e. The molecule has 0 amide bonds. The van der Waals surface area contributed by atoms with Crippen molar-refractivity contribution in [1.29, 1.82) is 0 Å². The summed E-state index contributed by atoms with van der Waals surface area (Å²) in [5, 5.41) is 1.91. The lowest BCUT2D eigenvalue weighted by Crippen LogP contribution is -1.89. The van der Waals surface area contributed by atoms with Gasteiger partial charge in [-0.3, -0.25) is 0 Å². The molecule has 0 saturated heterocycles. The Morgan fingerprint density at radius 2 is 2.13 bits per heavy atom. The normalized spacial score (nSPS) is 10.2. The van der Waals surface area contributed by atoms with Crippen LogP contribution < -0.4 is 5.73 Å². The highest BCUT2D eigenvalue weighted by Crippen LogP contribution is 2.26. The Kier molecular flexibility index (Phi) is 3.03. The zero-order valence-corrected chi connectivity index (χ0v) is 9.16. The van der Waals surface area contributed by atoms with Crippen molar-refractivity contribution in [3.05, 3.63) is 35.9 Å². The number of hydrogen-bond acceptors (Lipinski definition) is 5. The van der Waals surface area contributed by atoms with Crippen molar-refractivity contribution in [3.8, 4) is 0 Å². The molecule has 4 nitrogen and oxygen atoms in total. The molecule has 0 aliphatic rings. The van der Waals surface area contributed by atoms with Crippen LogP contribution in [0.3, 0.4) is 0 Å². The van der Waals surface area contributed by atoms with Crippen LogP contribution in [0.25, 0.3) is 0 Å². The standard InChI is InChI=1S/C9H7ClN4S/c10-7-3-6(11)4-9(14-7)15-8-1-2-12-5-13-8/h1-5H,(H2,11,14). The Morgan fingerprint density at radius 1 is 1.27 bits per heavy atom. The molecule has 0 fully saturated rings. The van der Waals surface area contributed by atoms with Crippen molar-refractivity contribution in [2.75, 3.05) is 5.73 Å². The maximum Gasteiger partial charge on any atom is 0.132 e. The zero-order valence-electron chi connectivity index (χ0n) is 7.59. The van der Waals surface area contributed by atoms with E-state index in [4.69, 9.17) is 17.3 Å². The van der Waals surface area contributed by atoms with E-state index in [9.17, 15) is 0 Å². The first-order valence-electron chi connectivity index (χ1n) is 4.11. The van der Waals surface area contributed by atoms with Gasteiger partial charge < -0.3 is 5.73 Å². The van der Waals surface area contributed by atoms with Crippen molar-refractivity contribution in [2.24, 2.45) is 0 Å². The van der Waals surface area contributed by atoms with E-state index >= 15 is 0 Å². The molecule has 2 heterocycles. The number of aromatic nitrogens is 3. The minimum Gasteiger partial charge on any atom is -0.399 e. The van der Waals surface area contributed by atoms with Gasteiger partial charge in [-0.05, 0) is 30.0 Å². The van der Waals surface area contributed by atoms with E-state index < -0.39 is 0 Å². The third-order valence-corrected chi connectivity index (χ3v) is 2.62. The van der Waals surface area contributed by atoms with Crippen LogP contribution in [0.4, 0.5) is 5.69 Å². The van der Waals surface area contributed by atoms with Gasteiger partial charge in [-0.2, -0.15) is 0 Å². The first kappa shape index (κ1) is 10.2. The zero-order chi connectivity index (χ0) is 10.7. The summed E-state index contributed by atoms with van der Waals surface area (Å²) in [4.78, 5) is 12.0. The monoisotopic (exact) mass is 238 g/mol. The van der Waals surface area contributed by atoms with E-state index in [2.05, 4.69) is 15.0 Å². The Hall–Kier alpha value is -1.33. The van der Waals surface area contributed by atoms with Crippen LogP contribution in [0, 0.1) is 0 Å². The van der Waals surface area contributed by atoms with Crippen LogP contribution >= 0.6 is 23.4 Å². The lowest BCUT2D eigenvalue weighted by Gasteiger charge is -2.01. The topological polar surface area (TPSA) is 64.7 Å². The lowest BCUT2D eigenvalue weighted by atomic mass is 10.4. The second kappa shape index (κ2) is 4.46. The van der Waals surface area contributed by atoms with Crippen molar-refractivity contribution in [3.63, 3.8) is 0 Å². The SMILES string of the molecule is Nc1cc(Cl)nc(Sc2ccncn2)c1. The summed E-state index contributed by atoms with van der Waals surface area (Å²) in [6, 6.07) is 5.15. The predicted molar refractivity (Wildman–Crippen MR) is 59.8 cm³/mol. The summed E-state index contributed by atoms with van der Waals surface area (Å²) in [7, 11) is 0. The summed E-state index contributed by atoms with van der Waals surface area (Å²) in [5.74, 6) is 0. The van der Waals surface area contributed by atoms with Crippen molar-refractivity contribution < 1.29 is 0 Å². The van der Waals surface area contributed by atoms with Crippen molar-refractivity contribution in [1.82, 2.24) is 15.0 Å². The summed E-state index contributed by atoms with van der Waals surface area (Å²) in [5.41, 5.74) is 6.23. The van der Waals surface area contributed by atoms with Gasteiger partial charge in [0.05, 0.1) is 0 Å². The van der Waals surface area contributed by atoms with Gasteiger partial charge in [0.25, 0.3) is 0 Å². The third-order valence-electron chi connectivity index (χ3n) is 1.56. The first-order valence-corrected chi connectivity index (χ1v) is 5.30. The highest BCUT2D eigenvalue weighted by atomic mass is 35.5. The number of nitrogen functional groups attached to an aromatic ring is 1. The van der Waals surface area contributed by atoms with Crippen LogP contribution in [0.1, 0.15) is 0 Å². The van der Waals surface area contributed by atoms with Gasteiger partial charge in [0, 0.05) is 11.9 Å². The van der Waals surface area contributed by atoms with E-state index in [0.717, 1.165) is 10.1 Å². The van der Waals surface area contributed by atoms with Gasteiger partial charge in [-0.1, -0.05) is 11.6 Å². The minimum atomic E-state index is 0.381. The molecule has 2 aromatic heterocycles. The van der Waals surface area contributed by atoms with Crippen LogP contribution in [-0.4, -0.2) is 15.0 Å². The summed E-state index contributed by atoms with van der Waals surface area (Å²) < 4.78 is 0. The second-order valence-corrected chi connectivity index (χ2v) is 4.14. The molecule has 6 heteroatoms. The molecule has 0 aromatic carbocycles. The number of pyridine rings is 1. The van der Waals surface area contributed by atoms with Crippen molar-refractivity contribution in [2.45, 2.75) is 10.1 Å². The molecule has 0 unspecified atom stereocenters. The summed E-state index contributed by atoms with van der Waals surface area (Å²) in [6.45, 7) is 0. The molecular formula is C9H7ClN4S. The van der Waals surface area contributed by atoms with Crippen LogP contribution in [-0.2, 0) is 0 Å². The maximum atomic E-state index is 5.78. The second-order valence-electron chi connectivity index (χ2n) is 2.71. The molecule has 76 valence electrons. The highest BCUT2D eigenvalue weighted by molar-refractivity contribution is 7.99. The maximum absolute atomic E-state index is 5.78. The Morgan fingerprint density at radius 3 is 2.80 bits per heavy atom. The van der Waals surface area contributed by atoms with E-state index in [1.54, 1.807) is 24.4 Å². The number of nitrogens with two attached hydrogens (primary N) is 1. The van der Waals surface area contributed by atoms with Crippen molar-refractivity contribution >= 4 is 29.1 Å². The van der Waals surface area contributed by atoms with Crippen LogP contribution in [0.15, 0.2) is 40.8 Å². The molecule has 2 rings (SSSR count). The highest BCUT2D eigenvalue weighted by Gasteiger charge is 2.02. The molecule has 0 aliphatic heterocycles. The van der Waals surface area contributed by atoms with E-state index in [1.165, 1.54) is 18.1 Å². The quantitative estimate of drug-likeness (QED) is 0.642. The number of anilines is 1. The fourth-order valence-corrected chi connectivity index (χ4v) is 2.04. The predicted octanol–water partition coefficient (Wildman–Crippen LogP) is 2.26. The molecule has 0 saturated carbocycles. The van der Waals surface area contributed by atoms with E-state index in [1.807, 2.05) is 0 Å². The largest absolute Gasteiger partial charge is 0.399 e. The van der Waals surface area contributed by atoms with Crippen LogP contribution in [0.5, 0.6) is 0 Å². The molecule has 0 atom stereocenters. The molecule has 0 aliphatic carbocycles. The van der Waals surface area contributed by atoms with Gasteiger partial charge in [-0.15, -0.1) is 0 Å². The molecule has 15 heavy (non-hydrogen) atoms. The fourth-order valence-electron chi connectivity index (χ4n) is 0.990. The van der Waals surface area contributed by atoms with Gasteiger partial charge in [-0.25, -0.2) is 15.0 Å². The number of hydrogen-bond donors (Lipinski definition) is 1. The Labute approximate surface area is 95.9 Å². The number of halogens is 1. The van der Waals surface area contributed by atoms with Gasteiger partial charge in [0.2, 0.25) is 0 Å². The van der Waals surface area contributed by atoms with E-state index in [-0.39, 0.29) is 0 Å². The lowest BCUT2D eigenvalue weighted by molar-refractivity contribution is 1.04. The number of nitrogens with zero attached hydrogens (tertiary/aromatic N) is 3. The fraction of sp³-hybridized carbons (Fsp3) is 0. The summed E-state index contributed by atoms with van der Waals surface area (Å²) >= 11 is 7.17. The summed E-state index contributed by atoms with van der Waals surface area (Å²) in [6.07, 6.45) is 3.15. The molecule has 2 aromatic rings. The molecule has 0 radical (unpaired) electrons. The average Bonchev–Trinajstić information content (AvgIpc) is 2.17. The molecular weight excluding hydrogens is 232 g/mol. The first-order chi connectivity index (χ1) is 7.24. The van der Waals surface area contributed by atoms with Gasteiger partial charge in [0.15, 0.2) is 0 Å². The molecule has 0 spiro atoms. The Bertz CT molecular complexity index is 443. The molecule has 0 bridgehead atoms. The minimum absolute atomic E-state index is 0.381. The number of rotatable bonds is 2. The molecule has 2 N–H and O–H groups in total. The van der Waals surface area contributed by atoms with E-state index in [0.29, 0.717) is 10.8 Å². The van der Waals surface area contributed by atoms with Gasteiger partial charge >= 0.3 is 0 Å². The van der Waals surface area contributed by atoms with Crippen LogP contribution in [0.2, 0.25) is 5.15 Å². The Balaban J connectivity index is 2.25.